The smallest absolute Gasteiger partial charge is 0.0798 e. The van der Waals surface area contributed by atoms with Gasteiger partial charge in [-0.3, -0.25) is 0 Å². The molecule has 2 heterocycles. The Kier molecular flexibility index (Phi) is 4.73. The predicted octanol–water partition coefficient (Wildman–Crippen LogP) is 4.17. The molecule has 0 saturated heterocycles. The van der Waals surface area contributed by atoms with Crippen molar-refractivity contribution in [2.24, 2.45) is 0 Å². The number of aromatic nitrogens is 1. The average molecular weight is 331 g/mol. The molecule has 2 rings (SSSR count). The van der Waals surface area contributed by atoms with Gasteiger partial charge in [-0.1, -0.05) is 6.92 Å². The van der Waals surface area contributed by atoms with Crippen molar-refractivity contribution < 1.29 is 0 Å². The Morgan fingerprint density at radius 1 is 1.47 bits per heavy atom. The van der Waals surface area contributed by atoms with Crippen LogP contribution in [0.15, 0.2) is 21.4 Å². The van der Waals surface area contributed by atoms with E-state index >= 15 is 0 Å². The topological polar surface area (TPSA) is 24.9 Å². The normalized spacial score (nSPS) is 12.9. The molecule has 0 bridgehead atoms. The summed E-state index contributed by atoms with van der Waals surface area (Å²) in [6.45, 7) is 5.21. The molecule has 0 fully saturated rings. The van der Waals surface area contributed by atoms with E-state index in [4.69, 9.17) is 0 Å². The molecule has 0 aromatic carbocycles. The van der Waals surface area contributed by atoms with Crippen molar-refractivity contribution in [2.75, 3.05) is 6.54 Å². The van der Waals surface area contributed by atoms with Crippen molar-refractivity contribution >= 4 is 38.6 Å². The van der Waals surface area contributed by atoms with E-state index in [2.05, 4.69) is 52.2 Å². The molecule has 0 aliphatic heterocycles. The Bertz CT molecular complexity index is 478. The molecule has 0 saturated carbocycles. The molecule has 1 atom stereocenters. The zero-order chi connectivity index (χ0) is 12.3. The Morgan fingerprint density at radius 3 is 2.82 bits per heavy atom. The molecule has 2 aromatic rings. The van der Waals surface area contributed by atoms with Crippen molar-refractivity contribution in [3.05, 3.63) is 36.9 Å². The summed E-state index contributed by atoms with van der Waals surface area (Å²) in [4.78, 5) is 7.10. The van der Waals surface area contributed by atoms with E-state index in [9.17, 15) is 0 Å². The van der Waals surface area contributed by atoms with Gasteiger partial charge in [-0.25, -0.2) is 4.98 Å². The van der Waals surface area contributed by atoms with Crippen LogP contribution < -0.4 is 5.32 Å². The first-order chi connectivity index (χ1) is 8.20. The van der Waals surface area contributed by atoms with Crippen molar-refractivity contribution in [3.63, 3.8) is 0 Å². The van der Waals surface area contributed by atoms with E-state index in [0.717, 1.165) is 18.7 Å². The van der Waals surface area contributed by atoms with Crippen LogP contribution in [0.2, 0.25) is 0 Å². The molecule has 0 aliphatic carbocycles. The van der Waals surface area contributed by atoms with Gasteiger partial charge in [0.05, 0.1) is 15.0 Å². The Balaban J connectivity index is 2.15. The van der Waals surface area contributed by atoms with E-state index in [1.165, 1.54) is 13.5 Å². The van der Waals surface area contributed by atoms with Gasteiger partial charge in [0.15, 0.2) is 0 Å². The van der Waals surface area contributed by atoms with Gasteiger partial charge in [0.2, 0.25) is 0 Å². The van der Waals surface area contributed by atoms with Crippen LogP contribution in [-0.2, 0) is 6.42 Å². The zero-order valence-electron chi connectivity index (χ0n) is 9.87. The zero-order valence-corrected chi connectivity index (χ0v) is 13.1. The third kappa shape index (κ3) is 3.37. The molecule has 0 aliphatic rings. The molecular weight excluding hydrogens is 316 g/mol. The highest BCUT2D eigenvalue weighted by molar-refractivity contribution is 9.11. The number of hydrogen-bond acceptors (Lipinski definition) is 4. The quantitative estimate of drug-likeness (QED) is 0.889. The minimum Gasteiger partial charge on any atom is -0.309 e. The number of nitrogens with zero attached hydrogens (tertiary/aromatic N) is 1. The molecule has 1 N–H and O–H groups in total. The van der Waals surface area contributed by atoms with Gasteiger partial charge in [-0.2, -0.15) is 0 Å². The fourth-order valence-corrected chi connectivity index (χ4v) is 4.22. The lowest BCUT2D eigenvalue weighted by Gasteiger charge is -2.16. The van der Waals surface area contributed by atoms with Gasteiger partial charge in [0.25, 0.3) is 0 Å². The van der Waals surface area contributed by atoms with Crippen LogP contribution in [-0.4, -0.2) is 11.5 Å². The fourth-order valence-electron chi connectivity index (χ4n) is 1.81. The van der Waals surface area contributed by atoms with Crippen LogP contribution in [0.3, 0.4) is 0 Å². The number of halogens is 1. The molecule has 2 nitrogen and oxygen atoms in total. The highest BCUT2D eigenvalue weighted by Crippen LogP contribution is 2.29. The minimum absolute atomic E-state index is 0.387. The number of nitrogens with one attached hydrogen (secondary N) is 1. The highest BCUT2D eigenvalue weighted by atomic mass is 79.9. The Hall–Kier alpha value is -0.230. The summed E-state index contributed by atoms with van der Waals surface area (Å²) in [5, 5.41) is 3.55. The molecule has 0 radical (unpaired) electrons. The maximum atomic E-state index is 4.34. The molecule has 5 heteroatoms. The largest absolute Gasteiger partial charge is 0.309 e. The van der Waals surface area contributed by atoms with Gasteiger partial charge in [-0.05, 0) is 41.5 Å². The summed E-state index contributed by atoms with van der Waals surface area (Å²) in [5.41, 5.74) is 3.08. The maximum Gasteiger partial charge on any atom is 0.0798 e. The van der Waals surface area contributed by atoms with Crippen LogP contribution in [0, 0.1) is 6.92 Å². The van der Waals surface area contributed by atoms with E-state index in [-0.39, 0.29) is 0 Å². The number of rotatable bonds is 5. The van der Waals surface area contributed by atoms with Gasteiger partial charge >= 0.3 is 0 Å². The summed E-state index contributed by atoms with van der Waals surface area (Å²) in [6.07, 6.45) is 1.03. The number of likely N-dealkylation sites (N-methyl/N-ethyl adjacent to an activating group) is 1. The second-order valence-electron chi connectivity index (χ2n) is 3.82. The molecule has 92 valence electrons. The average Bonchev–Trinajstić information content (AvgIpc) is 2.87. The standard InChI is InChI=1S/C12H15BrN2S2/c1-3-14-10(12-8(2)15-7-16-12)6-9-4-5-11(13)17-9/h4-5,7,10,14H,3,6H2,1-2H3. The lowest BCUT2D eigenvalue weighted by atomic mass is 10.1. The van der Waals surface area contributed by atoms with E-state index in [1.807, 2.05) is 5.51 Å². The third-order valence-corrected chi connectivity index (χ3v) is 5.27. The molecule has 2 aromatic heterocycles. The van der Waals surface area contributed by atoms with Gasteiger partial charge in [0, 0.05) is 22.2 Å². The van der Waals surface area contributed by atoms with Crippen LogP contribution in [0.5, 0.6) is 0 Å². The van der Waals surface area contributed by atoms with Gasteiger partial charge in [0.1, 0.15) is 0 Å². The van der Waals surface area contributed by atoms with Crippen molar-refractivity contribution in [3.8, 4) is 0 Å². The number of thiazole rings is 1. The monoisotopic (exact) mass is 330 g/mol. The number of aryl methyl sites for hydroxylation is 1. The Morgan fingerprint density at radius 2 is 2.29 bits per heavy atom. The highest BCUT2D eigenvalue weighted by Gasteiger charge is 2.16. The summed E-state index contributed by atoms with van der Waals surface area (Å²) < 4.78 is 1.20. The number of thiophene rings is 1. The first-order valence-corrected chi connectivity index (χ1v) is 8.07. The minimum atomic E-state index is 0.387. The summed E-state index contributed by atoms with van der Waals surface area (Å²) in [7, 11) is 0. The van der Waals surface area contributed by atoms with Crippen LogP contribution in [0.25, 0.3) is 0 Å². The van der Waals surface area contributed by atoms with Crippen LogP contribution in [0.4, 0.5) is 0 Å². The SMILES string of the molecule is CCNC(Cc1ccc(Br)s1)c1scnc1C. The molecule has 0 spiro atoms. The lowest BCUT2D eigenvalue weighted by Crippen LogP contribution is -2.22. The van der Waals surface area contributed by atoms with E-state index in [1.54, 1.807) is 22.7 Å². The number of hydrogen-bond donors (Lipinski definition) is 1. The summed E-state index contributed by atoms with van der Waals surface area (Å²) in [5.74, 6) is 0. The lowest BCUT2D eigenvalue weighted by molar-refractivity contribution is 0.558. The molecular formula is C12H15BrN2S2. The first-order valence-electron chi connectivity index (χ1n) is 5.58. The fraction of sp³-hybridized carbons (Fsp3) is 0.417. The first kappa shape index (κ1) is 13.2. The Labute approximate surface area is 118 Å². The van der Waals surface area contributed by atoms with E-state index in [0.29, 0.717) is 6.04 Å². The van der Waals surface area contributed by atoms with Crippen LogP contribution in [0.1, 0.15) is 28.4 Å². The second kappa shape index (κ2) is 6.09. The van der Waals surface area contributed by atoms with Gasteiger partial charge in [-0.15, -0.1) is 22.7 Å². The second-order valence-corrected chi connectivity index (χ2v) is 7.26. The molecule has 0 amide bonds. The summed E-state index contributed by atoms with van der Waals surface area (Å²) >= 11 is 7.06. The van der Waals surface area contributed by atoms with E-state index < -0.39 is 0 Å². The summed E-state index contributed by atoms with van der Waals surface area (Å²) in [6, 6.07) is 4.69. The molecule has 17 heavy (non-hydrogen) atoms. The maximum absolute atomic E-state index is 4.34. The van der Waals surface area contributed by atoms with Crippen LogP contribution >= 0.6 is 38.6 Å². The third-order valence-electron chi connectivity index (χ3n) is 2.58. The predicted molar refractivity (Wildman–Crippen MR) is 79.0 cm³/mol. The van der Waals surface area contributed by atoms with Crippen molar-refractivity contribution in [1.29, 1.82) is 0 Å². The molecule has 1 unspecified atom stereocenters. The van der Waals surface area contributed by atoms with Crippen molar-refractivity contribution in [1.82, 2.24) is 10.3 Å². The van der Waals surface area contributed by atoms with Gasteiger partial charge < -0.3 is 5.32 Å². The van der Waals surface area contributed by atoms with Crippen molar-refractivity contribution in [2.45, 2.75) is 26.3 Å².